The SMILES string of the molecule is O=C(c1ccnc(F)c1)N1CCOC1. The van der Waals surface area contributed by atoms with Gasteiger partial charge in [0.2, 0.25) is 5.95 Å². The first kappa shape index (κ1) is 9.08. The largest absolute Gasteiger partial charge is 0.359 e. The summed E-state index contributed by atoms with van der Waals surface area (Å²) in [6, 6.07) is 2.62. The van der Waals surface area contributed by atoms with Crippen LogP contribution in [0.3, 0.4) is 0 Å². The van der Waals surface area contributed by atoms with Gasteiger partial charge in [0, 0.05) is 24.4 Å². The highest BCUT2D eigenvalue weighted by Crippen LogP contribution is 2.08. The summed E-state index contributed by atoms with van der Waals surface area (Å²) in [4.78, 5) is 16.6. The van der Waals surface area contributed by atoms with E-state index in [1.807, 2.05) is 0 Å². The number of ether oxygens (including phenoxy) is 1. The number of pyridine rings is 1. The fourth-order valence-corrected chi connectivity index (χ4v) is 1.29. The first-order valence-electron chi connectivity index (χ1n) is 4.26. The predicted octanol–water partition coefficient (Wildman–Crippen LogP) is 0.651. The van der Waals surface area contributed by atoms with Crippen molar-refractivity contribution in [2.24, 2.45) is 0 Å². The van der Waals surface area contributed by atoms with Gasteiger partial charge in [-0.1, -0.05) is 0 Å². The number of rotatable bonds is 1. The Labute approximate surface area is 80.3 Å². The van der Waals surface area contributed by atoms with E-state index in [1.54, 1.807) is 0 Å². The van der Waals surface area contributed by atoms with Crippen LogP contribution >= 0.6 is 0 Å². The Hall–Kier alpha value is -1.49. The quantitative estimate of drug-likeness (QED) is 0.619. The zero-order chi connectivity index (χ0) is 9.97. The summed E-state index contributed by atoms with van der Waals surface area (Å²) < 4.78 is 17.7. The Morgan fingerprint density at radius 2 is 2.50 bits per heavy atom. The Balaban J connectivity index is 2.17. The lowest BCUT2D eigenvalue weighted by molar-refractivity contribution is 0.0694. The van der Waals surface area contributed by atoms with Crippen molar-refractivity contribution in [3.05, 3.63) is 29.8 Å². The summed E-state index contributed by atoms with van der Waals surface area (Å²) in [5.74, 6) is -0.861. The molecule has 0 spiro atoms. The highest BCUT2D eigenvalue weighted by molar-refractivity contribution is 5.94. The zero-order valence-corrected chi connectivity index (χ0v) is 7.44. The molecule has 4 nitrogen and oxygen atoms in total. The average Bonchev–Trinajstić information content (AvgIpc) is 2.69. The molecule has 1 aromatic rings. The summed E-state index contributed by atoms with van der Waals surface area (Å²) in [5, 5.41) is 0. The van der Waals surface area contributed by atoms with Crippen molar-refractivity contribution in [3.63, 3.8) is 0 Å². The number of aromatic nitrogens is 1. The third-order valence-corrected chi connectivity index (χ3v) is 2.01. The van der Waals surface area contributed by atoms with E-state index < -0.39 is 5.95 Å². The minimum absolute atomic E-state index is 0.219. The third kappa shape index (κ3) is 1.72. The lowest BCUT2D eigenvalue weighted by Gasteiger charge is -2.12. The first-order valence-corrected chi connectivity index (χ1v) is 4.26. The Kier molecular flexibility index (Phi) is 2.41. The predicted molar refractivity (Wildman–Crippen MR) is 46.1 cm³/mol. The summed E-state index contributed by atoms with van der Waals surface area (Å²) in [6.45, 7) is 1.38. The van der Waals surface area contributed by atoms with Crippen molar-refractivity contribution in [1.29, 1.82) is 0 Å². The highest BCUT2D eigenvalue weighted by atomic mass is 19.1. The van der Waals surface area contributed by atoms with Crippen LogP contribution in [0.4, 0.5) is 4.39 Å². The van der Waals surface area contributed by atoms with Crippen LogP contribution in [0.15, 0.2) is 18.3 Å². The van der Waals surface area contributed by atoms with Gasteiger partial charge in [-0.3, -0.25) is 4.79 Å². The molecule has 0 bridgehead atoms. The van der Waals surface area contributed by atoms with Crippen LogP contribution in [0.2, 0.25) is 0 Å². The molecule has 0 radical (unpaired) electrons. The van der Waals surface area contributed by atoms with E-state index in [1.165, 1.54) is 17.2 Å². The van der Waals surface area contributed by atoms with E-state index in [4.69, 9.17) is 4.74 Å². The molecule has 5 heteroatoms. The van der Waals surface area contributed by atoms with Gasteiger partial charge in [0.05, 0.1) is 6.61 Å². The van der Waals surface area contributed by atoms with Crippen molar-refractivity contribution in [3.8, 4) is 0 Å². The highest BCUT2D eigenvalue weighted by Gasteiger charge is 2.20. The summed E-state index contributed by atoms with van der Waals surface area (Å²) >= 11 is 0. The van der Waals surface area contributed by atoms with Crippen molar-refractivity contribution < 1.29 is 13.9 Å². The Morgan fingerprint density at radius 1 is 1.64 bits per heavy atom. The average molecular weight is 196 g/mol. The summed E-state index contributed by atoms with van der Waals surface area (Å²) in [5.41, 5.74) is 0.308. The van der Waals surface area contributed by atoms with Gasteiger partial charge in [-0.05, 0) is 6.07 Å². The summed E-state index contributed by atoms with van der Waals surface area (Å²) in [7, 11) is 0. The van der Waals surface area contributed by atoms with Crippen LogP contribution < -0.4 is 0 Å². The number of nitrogens with zero attached hydrogens (tertiary/aromatic N) is 2. The standard InChI is InChI=1S/C9H9FN2O2/c10-8-5-7(1-2-11-8)9(13)12-3-4-14-6-12/h1-2,5H,3-4,6H2. The minimum Gasteiger partial charge on any atom is -0.359 e. The molecule has 1 aromatic heterocycles. The van der Waals surface area contributed by atoms with E-state index in [2.05, 4.69) is 4.98 Å². The molecule has 1 saturated heterocycles. The van der Waals surface area contributed by atoms with Gasteiger partial charge in [-0.2, -0.15) is 4.39 Å². The molecular weight excluding hydrogens is 187 g/mol. The topological polar surface area (TPSA) is 42.4 Å². The van der Waals surface area contributed by atoms with Gasteiger partial charge in [0.25, 0.3) is 5.91 Å². The van der Waals surface area contributed by atoms with Crippen LogP contribution in [0.25, 0.3) is 0 Å². The minimum atomic E-state index is -0.643. The smallest absolute Gasteiger partial charge is 0.255 e. The van der Waals surface area contributed by atoms with Gasteiger partial charge in [0.15, 0.2) is 0 Å². The lowest BCUT2D eigenvalue weighted by Crippen LogP contribution is -2.28. The molecule has 0 saturated carbocycles. The van der Waals surface area contributed by atoms with E-state index in [0.29, 0.717) is 18.7 Å². The van der Waals surface area contributed by atoms with E-state index >= 15 is 0 Å². The maximum atomic E-state index is 12.7. The lowest BCUT2D eigenvalue weighted by atomic mass is 10.2. The van der Waals surface area contributed by atoms with Gasteiger partial charge in [-0.25, -0.2) is 4.98 Å². The van der Waals surface area contributed by atoms with Crippen molar-refractivity contribution in [1.82, 2.24) is 9.88 Å². The molecule has 1 fully saturated rings. The number of amides is 1. The van der Waals surface area contributed by atoms with Crippen LogP contribution in [0, 0.1) is 5.95 Å². The molecule has 0 aliphatic carbocycles. The van der Waals surface area contributed by atoms with Crippen LogP contribution in [-0.2, 0) is 4.74 Å². The molecule has 2 rings (SSSR count). The maximum absolute atomic E-state index is 12.7. The Bertz CT molecular complexity index is 350. The van der Waals surface area contributed by atoms with E-state index in [0.717, 1.165) is 6.07 Å². The van der Waals surface area contributed by atoms with E-state index in [9.17, 15) is 9.18 Å². The second kappa shape index (κ2) is 3.71. The number of hydrogen-bond donors (Lipinski definition) is 0. The molecule has 14 heavy (non-hydrogen) atoms. The molecule has 2 heterocycles. The van der Waals surface area contributed by atoms with Gasteiger partial charge < -0.3 is 9.64 Å². The number of halogens is 1. The summed E-state index contributed by atoms with van der Waals surface area (Å²) in [6.07, 6.45) is 1.28. The first-order chi connectivity index (χ1) is 6.77. The zero-order valence-electron chi connectivity index (χ0n) is 7.44. The van der Waals surface area contributed by atoms with Crippen molar-refractivity contribution in [2.75, 3.05) is 19.9 Å². The Morgan fingerprint density at radius 3 is 3.14 bits per heavy atom. The normalized spacial score (nSPS) is 15.9. The third-order valence-electron chi connectivity index (χ3n) is 2.01. The molecule has 1 amide bonds. The van der Waals surface area contributed by atoms with Crippen LogP contribution in [0.1, 0.15) is 10.4 Å². The maximum Gasteiger partial charge on any atom is 0.255 e. The van der Waals surface area contributed by atoms with Gasteiger partial charge >= 0.3 is 0 Å². The molecule has 0 aromatic carbocycles. The van der Waals surface area contributed by atoms with Crippen LogP contribution in [-0.4, -0.2) is 35.7 Å². The molecule has 74 valence electrons. The fraction of sp³-hybridized carbons (Fsp3) is 0.333. The van der Waals surface area contributed by atoms with Gasteiger partial charge in [-0.15, -0.1) is 0 Å². The van der Waals surface area contributed by atoms with Crippen molar-refractivity contribution in [2.45, 2.75) is 0 Å². The molecule has 0 unspecified atom stereocenters. The van der Waals surface area contributed by atoms with Crippen molar-refractivity contribution >= 4 is 5.91 Å². The second-order valence-corrected chi connectivity index (χ2v) is 2.97. The monoisotopic (exact) mass is 196 g/mol. The molecule has 0 atom stereocenters. The number of carbonyl (C=O) groups is 1. The van der Waals surface area contributed by atoms with E-state index in [-0.39, 0.29) is 12.6 Å². The van der Waals surface area contributed by atoms with Gasteiger partial charge in [0.1, 0.15) is 6.73 Å². The molecule has 0 N–H and O–H groups in total. The fourth-order valence-electron chi connectivity index (χ4n) is 1.29. The molecular formula is C9H9FN2O2. The number of hydrogen-bond acceptors (Lipinski definition) is 3. The molecule has 1 aliphatic heterocycles. The van der Waals surface area contributed by atoms with Crippen LogP contribution in [0.5, 0.6) is 0 Å². The molecule has 1 aliphatic rings. The number of carbonyl (C=O) groups excluding carboxylic acids is 1. The second-order valence-electron chi connectivity index (χ2n) is 2.97.